The zero-order valence-electron chi connectivity index (χ0n) is 12.8. The van der Waals surface area contributed by atoms with Crippen molar-refractivity contribution in [3.63, 3.8) is 0 Å². The first-order valence-electron chi connectivity index (χ1n) is 7.34. The van der Waals surface area contributed by atoms with Gasteiger partial charge in [-0.25, -0.2) is 9.18 Å². The Morgan fingerprint density at radius 3 is 2.40 bits per heavy atom. The summed E-state index contributed by atoms with van der Waals surface area (Å²) in [4.78, 5) is 25.0. The minimum absolute atomic E-state index is 0.0174. The third kappa shape index (κ3) is 3.55. The molecule has 2 aromatic carbocycles. The van der Waals surface area contributed by atoms with Crippen molar-refractivity contribution in [2.75, 3.05) is 6.54 Å². The van der Waals surface area contributed by atoms with Gasteiger partial charge in [-0.2, -0.15) is 0 Å². The Labute approximate surface area is 153 Å². The van der Waals surface area contributed by atoms with E-state index in [0.717, 1.165) is 0 Å². The van der Waals surface area contributed by atoms with Crippen LogP contribution in [0.3, 0.4) is 0 Å². The van der Waals surface area contributed by atoms with E-state index < -0.39 is 30.0 Å². The van der Waals surface area contributed by atoms with Crippen LogP contribution in [0.2, 0.25) is 10.0 Å². The minimum Gasteiger partial charge on any atom is -0.434 e. The van der Waals surface area contributed by atoms with E-state index in [-0.39, 0.29) is 11.6 Å². The first kappa shape index (κ1) is 17.5. The predicted octanol–water partition coefficient (Wildman–Crippen LogP) is 3.53. The van der Waals surface area contributed by atoms with Gasteiger partial charge in [0.15, 0.2) is 6.10 Å². The molecule has 130 valence electrons. The van der Waals surface area contributed by atoms with Gasteiger partial charge in [0.05, 0.1) is 17.6 Å². The second-order valence-electron chi connectivity index (χ2n) is 5.55. The van der Waals surface area contributed by atoms with Crippen molar-refractivity contribution in [2.24, 2.45) is 5.73 Å². The smallest absolute Gasteiger partial charge is 0.411 e. The molecule has 1 fully saturated rings. The van der Waals surface area contributed by atoms with Crippen molar-refractivity contribution in [3.8, 4) is 0 Å². The average molecular weight is 383 g/mol. The highest BCUT2D eigenvalue weighted by molar-refractivity contribution is 6.31. The fourth-order valence-corrected chi connectivity index (χ4v) is 3.03. The molecule has 8 heteroatoms. The maximum Gasteiger partial charge on any atom is 0.411 e. The molecule has 2 N–H and O–H groups in total. The summed E-state index contributed by atoms with van der Waals surface area (Å²) in [7, 11) is 0. The van der Waals surface area contributed by atoms with Crippen LogP contribution in [-0.4, -0.2) is 29.5 Å². The Kier molecular flexibility index (Phi) is 4.83. The van der Waals surface area contributed by atoms with Crippen LogP contribution in [0.5, 0.6) is 0 Å². The monoisotopic (exact) mass is 382 g/mol. The maximum absolute atomic E-state index is 13.5. The summed E-state index contributed by atoms with van der Waals surface area (Å²) in [6, 6.07) is 10.3. The van der Waals surface area contributed by atoms with Crippen LogP contribution in [0.1, 0.15) is 17.2 Å². The van der Waals surface area contributed by atoms with Crippen molar-refractivity contribution in [3.05, 3.63) is 69.5 Å². The molecule has 0 radical (unpaired) electrons. The Bertz CT molecular complexity index is 829. The third-order valence-corrected chi connectivity index (χ3v) is 4.46. The number of hydrogen-bond acceptors (Lipinski definition) is 3. The molecule has 25 heavy (non-hydrogen) atoms. The molecule has 3 rings (SSSR count). The molecule has 0 spiro atoms. The fourth-order valence-electron chi connectivity index (χ4n) is 2.72. The Morgan fingerprint density at radius 1 is 1.20 bits per heavy atom. The lowest BCUT2D eigenvalue weighted by atomic mass is 9.97. The van der Waals surface area contributed by atoms with Gasteiger partial charge < -0.3 is 10.5 Å². The number of carbonyl (C=O) groups is 2. The van der Waals surface area contributed by atoms with Gasteiger partial charge in [-0.05, 0) is 35.4 Å². The van der Waals surface area contributed by atoms with Crippen LogP contribution in [0.15, 0.2) is 42.5 Å². The van der Waals surface area contributed by atoms with Crippen molar-refractivity contribution in [2.45, 2.75) is 12.1 Å². The maximum atomic E-state index is 13.5. The molecule has 2 aromatic rings. The topological polar surface area (TPSA) is 72.6 Å². The van der Waals surface area contributed by atoms with E-state index in [9.17, 15) is 14.0 Å². The van der Waals surface area contributed by atoms with E-state index in [1.807, 2.05) is 0 Å². The molecule has 1 heterocycles. The van der Waals surface area contributed by atoms with Crippen LogP contribution in [0, 0.1) is 5.82 Å². The van der Waals surface area contributed by atoms with E-state index in [4.69, 9.17) is 33.7 Å². The molecule has 0 bridgehead atoms. The highest BCUT2D eigenvalue weighted by Crippen LogP contribution is 2.34. The number of halogens is 3. The lowest BCUT2D eigenvalue weighted by Crippen LogP contribution is -2.34. The fraction of sp³-hybridized carbons (Fsp3) is 0.176. The van der Waals surface area contributed by atoms with Crippen molar-refractivity contribution >= 4 is 35.2 Å². The first-order chi connectivity index (χ1) is 11.9. The number of hydrogen-bond donors (Lipinski definition) is 1. The van der Waals surface area contributed by atoms with Crippen LogP contribution >= 0.6 is 23.2 Å². The van der Waals surface area contributed by atoms with E-state index in [2.05, 4.69) is 0 Å². The van der Waals surface area contributed by atoms with Gasteiger partial charge in [-0.3, -0.25) is 9.69 Å². The molecule has 1 aliphatic heterocycles. The number of carbonyl (C=O) groups excluding carboxylic acids is 2. The van der Waals surface area contributed by atoms with Crippen molar-refractivity contribution in [1.29, 1.82) is 0 Å². The lowest BCUT2D eigenvalue weighted by Gasteiger charge is -2.27. The molecular formula is C17H13Cl2FN2O3. The number of rotatable bonds is 4. The predicted molar refractivity (Wildman–Crippen MR) is 90.9 cm³/mol. The Morgan fingerprint density at radius 2 is 1.84 bits per heavy atom. The van der Waals surface area contributed by atoms with E-state index in [1.165, 1.54) is 23.1 Å². The number of primary amides is 1. The average Bonchev–Trinajstić information content (AvgIpc) is 2.95. The van der Waals surface area contributed by atoms with E-state index in [1.54, 1.807) is 24.3 Å². The van der Waals surface area contributed by atoms with Gasteiger partial charge in [0.25, 0.3) is 5.91 Å². The summed E-state index contributed by atoms with van der Waals surface area (Å²) >= 11 is 11.8. The van der Waals surface area contributed by atoms with Gasteiger partial charge in [0, 0.05) is 5.02 Å². The van der Waals surface area contributed by atoms with Crippen molar-refractivity contribution < 1.29 is 18.7 Å². The highest BCUT2D eigenvalue weighted by atomic mass is 35.5. The van der Waals surface area contributed by atoms with Crippen LogP contribution in [-0.2, 0) is 9.53 Å². The quantitative estimate of drug-likeness (QED) is 0.878. The zero-order chi connectivity index (χ0) is 18.1. The largest absolute Gasteiger partial charge is 0.434 e. The Balaban J connectivity index is 2.06. The summed E-state index contributed by atoms with van der Waals surface area (Å²) in [5.41, 5.74) is 6.50. The molecule has 0 saturated carbocycles. The lowest BCUT2D eigenvalue weighted by molar-refractivity contribution is -0.124. The molecule has 1 aliphatic rings. The molecule has 5 nitrogen and oxygen atoms in total. The number of nitrogens with two attached hydrogens (primary N) is 1. The first-order valence-corrected chi connectivity index (χ1v) is 8.09. The van der Waals surface area contributed by atoms with Crippen LogP contribution in [0.25, 0.3) is 0 Å². The van der Waals surface area contributed by atoms with Crippen LogP contribution in [0.4, 0.5) is 9.18 Å². The molecular weight excluding hydrogens is 370 g/mol. The second-order valence-corrected chi connectivity index (χ2v) is 6.40. The summed E-state index contributed by atoms with van der Waals surface area (Å²) in [5, 5.41) is 0.453. The minimum atomic E-state index is -1.04. The number of nitrogens with zero attached hydrogens (tertiary/aromatic N) is 1. The molecule has 1 saturated heterocycles. The summed E-state index contributed by atoms with van der Waals surface area (Å²) in [6.45, 7) is -0.0174. The summed E-state index contributed by atoms with van der Waals surface area (Å²) in [5.74, 6) is -1.30. The second kappa shape index (κ2) is 6.90. The normalized spacial score (nSPS) is 18.1. The van der Waals surface area contributed by atoms with Gasteiger partial charge in [-0.15, -0.1) is 0 Å². The number of cyclic esters (lactones) is 1. The molecule has 0 aliphatic carbocycles. The Hall–Kier alpha value is -2.31. The van der Waals surface area contributed by atoms with Crippen molar-refractivity contribution in [1.82, 2.24) is 4.90 Å². The van der Waals surface area contributed by atoms with Gasteiger partial charge in [-0.1, -0.05) is 41.4 Å². The number of benzene rings is 2. The number of ether oxygens (including phenoxy) is 1. The third-order valence-electron chi connectivity index (χ3n) is 3.91. The highest BCUT2D eigenvalue weighted by Gasteiger charge is 2.40. The van der Waals surface area contributed by atoms with E-state index >= 15 is 0 Å². The van der Waals surface area contributed by atoms with Gasteiger partial charge >= 0.3 is 6.09 Å². The SMILES string of the molecule is NC(=O)C1CN([C@@H](c2ccc(Cl)cc2)c2ccc(F)c(Cl)c2)C(=O)O1. The summed E-state index contributed by atoms with van der Waals surface area (Å²) in [6.07, 6.45) is -1.73. The molecule has 0 aromatic heterocycles. The van der Waals surface area contributed by atoms with E-state index in [0.29, 0.717) is 16.1 Å². The standard InChI is InChI=1S/C17H13Cl2FN2O3/c18-11-4-1-9(2-5-11)15(10-3-6-13(20)12(19)7-10)22-8-14(16(21)23)25-17(22)24/h1-7,14-15H,8H2,(H2,21,23)/t14?,15-/m0/s1. The van der Waals surface area contributed by atoms with Gasteiger partial charge in [0.1, 0.15) is 5.82 Å². The summed E-state index contributed by atoms with van der Waals surface area (Å²) < 4.78 is 18.5. The zero-order valence-corrected chi connectivity index (χ0v) is 14.3. The van der Waals surface area contributed by atoms with Crippen LogP contribution < -0.4 is 5.73 Å². The van der Waals surface area contributed by atoms with Gasteiger partial charge in [0.2, 0.25) is 0 Å². The molecule has 2 atom stereocenters. The molecule has 1 unspecified atom stereocenters. The molecule has 2 amide bonds. The number of amides is 2.